The fraction of sp³-hybridized carbons (Fsp3) is 0.167. The minimum atomic E-state index is -3.40. The molecule has 1 heterocycles. The minimum Gasteiger partial charge on any atom is -0.358 e. The number of hydrogen-bond donors (Lipinski definition) is 0. The molecule has 0 amide bonds. The predicted octanol–water partition coefficient (Wildman–Crippen LogP) is 2.21. The maximum atomic E-state index is 12.6. The molecule has 14 heavy (non-hydrogen) atoms. The molecule has 0 unspecified atom stereocenters. The number of alkyl halides is 2. The van der Waals surface area contributed by atoms with Crippen molar-refractivity contribution >= 4 is 5.82 Å². The Morgan fingerprint density at radius 3 is 2.43 bits per heavy atom. The van der Waals surface area contributed by atoms with E-state index in [1.165, 1.54) is 0 Å². The lowest BCUT2D eigenvalue weighted by molar-refractivity contribution is -0.390. The average molecular weight is 210 g/mol. The molecular weight excluding hydrogens is 208 g/mol. The standard InChI is InChI=1S/C6H2F4N2O2/c7-2-1-3(12(13)14)11-5(4(2)8)6(9)10/h1,6H. The van der Waals surface area contributed by atoms with Crippen LogP contribution >= 0.6 is 0 Å². The van der Waals surface area contributed by atoms with Crippen molar-refractivity contribution in [1.29, 1.82) is 0 Å². The lowest BCUT2D eigenvalue weighted by Crippen LogP contribution is -2.03. The van der Waals surface area contributed by atoms with E-state index in [4.69, 9.17) is 0 Å². The van der Waals surface area contributed by atoms with E-state index in [1.807, 2.05) is 0 Å². The Morgan fingerprint density at radius 2 is 2.00 bits per heavy atom. The van der Waals surface area contributed by atoms with Gasteiger partial charge in [0.25, 0.3) is 5.69 Å². The van der Waals surface area contributed by atoms with Gasteiger partial charge < -0.3 is 10.1 Å². The molecule has 1 aromatic heterocycles. The summed E-state index contributed by atoms with van der Waals surface area (Å²) in [7, 11) is 0. The van der Waals surface area contributed by atoms with Gasteiger partial charge in [0.15, 0.2) is 5.82 Å². The summed E-state index contributed by atoms with van der Waals surface area (Å²) in [5.41, 5.74) is -1.56. The number of aromatic nitrogens is 1. The molecule has 76 valence electrons. The van der Waals surface area contributed by atoms with Crippen molar-refractivity contribution in [3.05, 3.63) is 33.5 Å². The van der Waals surface area contributed by atoms with Gasteiger partial charge in [0.1, 0.15) is 0 Å². The first-order valence-corrected chi connectivity index (χ1v) is 3.22. The molecule has 0 bridgehead atoms. The Bertz CT molecular complexity index is 382. The molecule has 0 aliphatic rings. The fourth-order valence-corrected chi connectivity index (χ4v) is 0.742. The highest BCUT2D eigenvalue weighted by atomic mass is 19.3. The minimum absolute atomic E-state index is 0.140. The average Bonchev–Trinajstić information content (AvgIpc) is 2.08. The van der Waals surface area contributed by atoms with Gasteiger partial charge in [-0.1, -0.05) is 0 Å². The Hall–Kier alpha value is -1.73. The highest BCUT2D eigenvalue weighted by Gasteiger charge is 2.27. The van der Waals surface area contributed by atoms with Crippen LogP contribution in [0.1, 0.15) is 12.1 Å². The van der Waals surface area contributed by atoms with E-state index in [-0.39, 0.29) is 6.07 Å². The third kappa shape index (κ3) is 1.78. The molecular formula is C6H2F4N2O2. The maximum Gasteiger partial charge on any atom is 0.367 e. The van der Waals surface area contributed by atoms with Crippen LogP contribution in [0.15, 0.2) is 6.07 Å². The van der Waals surface area contributed by atoms with Crippen LogP contribution in [0.25, 0.3) is 0 Å². The first-order chi connectivity index (χ1) is 6.43. The third-order valence-corrected chi connectivity index (χ3v) is 1.32. The van der Waals surface area contributed by atoms with E-state index in [9.17, 15) is 27.7 Å². The van der Waals surface area contributed by atoms with Crippen molar-refractivity contribution in [2.45, 2.75) is 6.43 Å². The second-order valence-electron chi connectivity index (χ2n) is 2.22. The van der Waals surface area contributed by atoms with Gasteiger partial charge in [0, 0.05) is 0 Å². The molecule has 0 saturated carbocycles. The van der Waals surface area contributed by atoms with E-state index >= 15 is 0 Å². The predicted molar refractivity (Wildman–Crippen MR) is 35.8 cm³/mol. The van der Waals surface area contributed by atoms with Crippen molar-refractivity contribution in [3.8, 4) is 0 Å². The normalized spacial score (nSPS) is 10.6. The number of nitrogens with zero attached hydrogens (tertiary/aromatic N) is 2. The fourth-order valence-electron chi connectivity index (χ4n) is 0.742. The van der Waals surface area contributed by atoms with Gasteiger partial charge in [0.05, 0.1) is 6.07 Å². The summed E-state index contributed by atoms with van der Waals surface area (Å²) >= 11 is 0. The summed E-state index contributed by atoms with van der Waals surface area (Å²) in [4.78, 5) is 11.5. The van der Waals surface area contributed by atoms with Crippen molar-refractivity contribution < 1.29 is 22.5 Å². The zero-order valence-electron chi connectivity index (χ0n) is 6.38. The number of nitro groups is 1. The van der Waals surface area contributed by atoms with Crippen molar-refractivity contribution in [2.24, 2.45) is 0 Å². The Kier molecular flexibility index (Phi) is 2.63. The van der Waals surface area contributed by atoms with Crippen LogP contribution in [0.5, 0.6) is 0 Å². The molecule has 0 radical (unpaired) electrons. The van der Waals surface area contributed by atoms with E-state index < -0.39 is 34.5 Å². The second kappa shape index (κ2) is 3.56. The molecule has 1 rings (SSSR count). The van der Waals surface area contributed by atoms with E-state index in [0.717, 1.165) is 0 Å². The van der Waals surface area contributed by atoms with Gasteiger partial charge in [-0.3, -0.25) is 0 Å². The van der Waals surface area contributed by atoms with E-state index in [0.29, 0.717) is 0 Å². The van der Waals surface area contributed by atoms with Crippen LogP contribution in [0.2, 0.25) is 0 Å². The Morgan fingerprint density at radius 1 is 1.43 bits per heavy atom. The molecule has 0 saturated heterocycles. The van der Waals surface area contributed by atoms with Gasteiger partial charge in [-0.15, -0.1) is 0 Å². The molecule has 0 aliphatic carbocycles. The SMILES string of the molecule is O=[N+]([O-])c1cc(F)c(F)c(C(F)F)n1. The summed E-state index contributed by atoms with van der Waals surface area (Å²) in [5, 5.41) is 10.0. The van der Waals surface area contributed by atoms with Crippen molar-refractivity contribution in [1.82, 2.24) is 4.98 Å². The largest absolute Gasteiger partial charge is 0.367 e. The molecule has 0 fully saturated rings. The number of rotatable bonds is 2. The monoisotopic (exact) mass is 210 g/mol. The summed E-state index contributed by atoms with van der Waals surface area (Å²) < 4.78 is 49.0. The van der Waals surface area contributed by atoms with Gasteiger partial charge in [0.2, 0.25) is 5.82 Å². The van der Waals surface area contributed by atoms with Crippen LogP contribution in [-0.2, 0) is 0 Å². The summed E-state index contributed by atoms with van der Waals surface area (Å²) in [6, 6.07) is 0.140. The topological polar surface area (TPSA) is 56.0 Å². The Balaban J connectivity index is 3.35. The summed E-state index contributed by atoms with van der Waals surface area (Å²) in [6.07, 6.45) is -3.40. The van der Waals surface area contributed by atoms with Crippen LogP contribution in [0.3, 0.4) is 0 Å². The first-order valence-electron chi connectivity index (χ1n) is 3.22. The lowest BCUT2D eigenvalue weighted by Gasteiger charge is -1.98. The molecule has 0 aliphatic heterocycles. The maximum absolute atomic E-state index is 12.6. The number of halogens is 4. The van der Waals surface area contributed by atoms with Crippen LogP contribution in [0, 0.1) is 21.7 Å². The highest BCUT2D eigenvalue weighted by Crippen LogP contribution is 2.24. The number of pyridine rings is 1. The van der Waals surface area contributed by atoms with E-state index in [1.54, 1.807) is 0 Å². The molecule has 0 N–H and O–H groups in total. The van der Waals surface area contributed by atoms with Crippen LogP contribution < -0.4 is 0 Å². The first kappa shape index (κ1) is 10.4. The Labute approximate surface area is 74.3 Å². The van der Waals surface area contributed by atoms with Gasteiger partial charge >= 0.3 is 12.2 Å². The zero-order chi connectivity index (χ0) is 10.9. The summed E-state index contributed by atoms with van der Waals surface area (Å²) in [6.45, 7) is 0. The molecule has 0 atom stereocenters. The highest BCUT2D eigenvalue weighted by molar-refractivity contribution is 5.25. The van der Waals surface area contributed by atoms with Crippen molar-refractivity contribution in [2.75, 3.05) is 0 Å². The van der Waals surface area contributed by atoms with E-state index in [2.05, 4.69) is 4.98 Å². The van der Waals surface area contributed by atoms with Gasteiger partial charge in [-0.2, -0.15) is 4.39 Å². The lowest BCUT2D eigenvalue weighted by atomic mass is 10.3. The van der Waals surface area contributed by atoms with Gasteiger partial charge in [-0.25, -0.2) is 13.2 Å². The smallest absolute Gasteiger partial charge is 0.358 e. The third-order valence-electron chi connectivity index (χ3n) is 1.32. The van der Waals surface area contributed by atoms with Gasteiger partial charge in [-0.05, 0) is 9.91 Å². The molecule has 0 aromatic carbocycles. The second-order valence-corrected chi connectivity index (χ2v) is 2.22. The zero-order valence-corrected chi connectivity index (χ0v) is 6.38. The molecule has 0 spiro atoms. The van der Waals surface area contributed by atoms with Crippen LogP contribution in [-0.4, -0.2) is 9.91 Å². The molecule has 1 aromatic rings. The van der Waals surface area contributed by atoms with Crippen molar-refractivity contribution in [3.63, 3.8) is 0 Å². The molecule has 4 nitrogen and oxygen atoms in total. The number of hydrogen-bond acceptors (Lipinski definition) is 3. The summed E-state index contributed by atoms with van der Waals surface area (Å²) in [5.74, 6) is -4.74. The molecule has 8 heteroatoms. The van der Waals surface area contributed by atoms with Crippen LogP contribution in [0.4, 0.5) is 23.4 Å². The quantitative estimate of drug-likeness (QED) is 0.427.